The van der Waals surface area contributed by atoms with Crippen LogP contribution in [0.4, 0.5) is 0 Å². The lowest BCUT2D eigenvalue weighted by molar-refractivity contribution is 0.124. The first-order valence-electron chi connectivity index (χ1n) is 8.11. The fourth-order valence-electron chi connectivity index (χ4n) is 3.04. The second-order valence-electron chi connectivity index (χ2n) is 6.34. The number of piperidine rings is 1. The van der Waals surface area contributed by atoms with Crippen LogP contribution in [0.2, 0.25) is 0 Å². The number of benzene rings is 1. The first-order valence-corrected chi connectivity index (χ1v) is 8.11. The predicted molar refractivity (Wildman–Crippen MR) is 88.0 cm³/mol. The number of nitrogens with zero attached hydrogens (tertiary/aromatic N) is 2. The van der Waals surface area contributed by atoms with Gasteiger partial charge >= 0.3 is 0 Å². The predicted octanol–water partition coefficient (Wildman–Crippen LogP) is 3.32. The lowest BCUT2D eigenvalue weighted by Crippen LogP contribution is -2.37. The summed E-state index contributed by atoms with van der Waals surface area (Å²) in [5.41, 5.74) is 3.61. The Labute approximate surface area is 132 Å². The van der Waals surface area contributed by atoms with Crippen LogP contribution in [-0.2, 0) is 6.54 Å². The maximum Gasteiger partial charge on any atom is 0.119 e. The second kappa shape index (κ2) is 6.97. The molecule has 2 heterocycles. The van der Waals surface area contributed by atoms with Crippen LogP contribution in [0.5, 0.6) is 5.75 Å². The van der Waals surface area contributed by atoms with Crippen LogP contribution >= 0.6 is 0 Å². The summed E-state index contributed by atoms with van der Waals surface area (Å²) < 4.78 is 5.96. The highest BCUT2D eigenvalue weighted by Gasteiger charge is 2.21. The van der Waals surface area contributed by atoms with E-state index in [4.69, 9.17) is 4.74 Å². The van der Waals surface area contributed by atoms with E-state index in [9.17, 15) is 0 Å². The van der Waals surface area contributed by atoms with Gasteiger partial charge in [-0.1, -0.05) is 17.7 Å². The number of hydrogen-bond acceptors (Lipinski definition) is 3. The van der Waals surface area contributed by atoms with Crippen molar-refractivity contribution in [1.82, 2.24) is 14.9 Å². The van der Waals surface area contributed by atoms with Crippen molar-refractivity contribution in [2.45, 2.75) is 33.2 Å². The van der Waals surface area contributed by atoms with Crippen LogP contribution in [-0.4, -0.2) is 34.6 Å². The lowest BCUT2D eigenvalue weighted by atomic mass is 9.99. The summed E-state index contributed by atoms with van der Waals surface area (Å²) in [5.74, 6) is 1.58. The van der Waals surface area contributed by atoms with E-state index in [2.05, 4.69) is 53.0 Å². The van der Waals surface area contributed by atoms with Crippen LogP contribution in [0.15, 0.2) is 30.6 Å². The molecule has 0 bridgehead atoms. The smallest absolute Gasteiger partial charge is 0.119 e. The van der Waals surface area contributed by atoms with Gasteiger partial charge in [0.1, 0.15) is 5.75 Å². The molecular weight excluding hydrogens is 274 g/mol. The van der Waals surface area contributed by atoms with Gasteiger partial charge in [-0.05, 0) is 45.4 Å². The molecule has 1 atom stereocenters. The van der Waals surface area contributed by atoms with Gasteiger partial charge in [0.15, 0.2) is 0 Å². The highest BCUT2D eigenvalue weighted by molar-refractivity contribution is 5.26. The summed E-state index contributed by atoms with van der Waals surface area (Å²) >= 11 is 0. The van der Waals surface area contributed by atoms with Crippen molar-refractivity contribution >= 4 is 0 Å². The minimum Gasteiger partial charge on any atom is -0.493 e. The zero-order chi connectivity index (χ0) is 15.4. The van der Waals surface area contributed by atoms with Gasteiger partial charge in [0.25, 0.3) is 0 Å². The molecule has 3 rings (SSSR count). The average molecular weight is 299 g/mol. The van der Waals surface area contributed by atoms with Crippen LogP contribution in [0, 0.1) is 19.8 Å². The Balaban J connectivity index is 1.50. The highest BCUT2D eigenvalue weighted by atomic mass is 16.5. The van der Waals surface area contributed by atoms with Gasteiger partial charge in [-0.15, -0.1) is 0 Å². The molecule has 1 aliphatic heterocycles. The largest absolute Gasteiger partial charge is 0.493 e. The van der Waals surface area contributed by atoms with Crippen molar-refractivity contribution in [2.75, 3.05) is 19.7 Å². The van der Waals surface area contributed by atoms with Crippen LogP contribution in [0.1, 0.15) is 29.8 Å². The first-order chi connectivity index (χ1) is 10.7. The lowest BCUT2D eigenvalue weighted by Gasteiger charge is -2.32. The molecule has 0 saturated carbocycles. The number of likely N-dealkylation sites (tertiary alicyclic amines) is 1. The number of H-pyrrole nitrogens is 1. The van der Waals surface area contributed by atoms with E-state index in [-0.39, 0.29) is 0 Å². The summed E-state index contributed by atoms with van der Waals surface area (Å²) in [6.45, 7) is 8.19. The normalized spacial score (nSPS) is 19.3. The quantitative estimate of drug-likeness (QED) is 0.921. The molecule has 0 radical (unpaired) electrons. The van der Waals surface area contributed by atoms with Gasteiger partial charge in [0.05, 0.1) is 18.6 Å². The van der Waals surface area contributed by atoms with Gasteiger partial charge in [-0.3, -0.25) is 4.90 Å². The highest BCUT2D eigenvalue weighted by Crippen LogP contribution is 2.20. The molecule has 118 valence electrons. The summed E-state index contributed by atoms with van der Waals surface area (Å²) in [6, 6.07) is 8.32. The molecule has 4 heteroatoms. The summed E-state index contributed by atoms with van der Waals surface area (Å²) in [5, 5.41) is 0. The Hall–Kier alpha value is -1.81. The van der Waals surface area contributed by atoms with E-state index in [0.29, 0.717) is 5.92 Å². The average Bonchev–Trinajstić information content (AvgIpc) is 2.92. The minimum absolute atomic E-state index is 0.606. The van der Waals surface area contributed by atoms with Gasteiger partial charge in [-0.2, -0.15) is 0 Å². The Kier molecular flexibility index (Phi) is 4.78. The molecule has 1 saturated heterocycles. The molecule has 22 heavy (non-hydrogen) atoms. The second-order valence-corrected chi connectivity index (χ2v) is 6.34. The Morgan fingerprint density at radius 2 is 2.09 bits per heavy atom. The molecule has 4 nitrogen and oxygen atoms in total. The molecule has 1 aromatic carbocycles. The first kappa shape index (κ1) is 15.1. The minimum atomic E-state index is 0.606. The van der Waals surface area contributed by atoms with Crippen molar-refractivity contribution in [3.63, 3.8) is 0 Å². The number of aryl methyl sites for hydroxylation is 2. The summed E-state index contributed by atoms with van der Waals surface area (Å²) in [6.07, 6.45) is 4.28. The number of nitrogens with one attached hydrogen (secondary N) is 1. The van der Waals surface area contributed by atoms with Crippen LogP contribution in [0.25, 0.3) is 0 Å². The molecule has 1 N–H and O–H groups in total. The van der Waals surface area contributed by atoms with E-state index >= 15 is 0 Å². The Morgan fingerprint density at radius 1 is 1.27 bits per heavy atom. The monoisotopic (exact) mass is 299 g/mol. The SMILES string of the molecule is Cc1ccc(OC[C@H]2CCCN(Cc3nc[nH]c3C)C2)cc1. The zero-order valence-corrected chi connectivity index (χ0v) is 13.5. The third kappa shape index (κ3) is 3.89. The number of hydrogen-bond donors (Lipinski definition) is 1. The number of ether oxygens (including phenoxy) is 1. The standard InChI is InChI=1S/C18H25N3O/c1-14-5-7-17(8-6-14)22-12-16-4-3-9-21(10-16)11-18-15(2)19-13-20-18/h5-8,13,16H,3-4,9-12H2,1-2H3,(H,19,20)/t16-/m0/s1. The molecule has 1 aliphatic rings. The number of aromatic amines is 1. The Bertz CT molecular complexity index is 591. The van der Waals surface area contributed by atoms with Gasteiger partial charge in [-0.25, -0.2) is 4.98 Å². The van der Waals surface area contributed by atoms with Crippen molar-refractivity contribution in [2.24, 2.45) is 5.92 Å². The molecule has 0 unspecified atom stereocenters. The van der Waals surface area contributed by atoms with Crippen molar-refractivity contribution < 1.29 is 4.74 Å². The maximum absolute atomic E-state index is 5.96. The fraction of sp³-hybridized carbons (Fsp3) is 0.500. The molecule has 1 aromatic heterocycles. The molecule has 2 aromatic rings. The van der Waals surface area contributed by atoms with Crippen molar-refractivity contribution in [1.29, 1.82) is 0 Å². The van der Waals surface area contributed by atoms with Crippen molar-refractivity contribution in [3.8, 4) is 5.75 Å². The summed E-state index contributed by atoms with van der Waals surface area (Å²) in [7, 11) is 0. The number of rotatable bonds is 5. The van der Waals surface area contributed by atoms with E-state index < -0.39 is 0 Å². The van der Waals surface area contributed by atoms with E-state index in [1.54, 1.807) is 6.33 Å². The van der Waals surface area contributed by atoms with E-state index in [1.807, 2.05) is 0 Å². The fourth-order valence-corrected chi connectivity index (χ4v) is 3.04. The molecule has 0 amide bonds. The van der Waals surface area contributed by atoms with E-state index in [0.717, 1.165) is 32.0 Å². The third-order valence-corrected chi connectivity index (χ3v) is 4.42. The third-order valence-electron chi connectivity index (χ3n) is 4.42. The van der Waals surface area contributed by atoms with Crippen LogP contribution in [0.3, 0.4) is 0 Å². The molecule has 0 spiro atoms. The number of imidazole rings is 1. The number of aromatic nitrogens is 2. The van der Waals surface area contributed by atoms with E-state index in [1.165, 1.54) is 29.8 Å². The summed E-state index contributed by atoms with van der Waals surface area (Å²) in [4.78, 5) is 10.1. The van der Waals surface area contributed by atoms with Gasteiger partial charge < -0.3 is 9.72 Å². The topological polar surface area (TPSA) is 41.1 Å². The molecule has 0 aliphatic carbocycles. The maximum atomic E-state index is 5.96. The molecular formula is C18H25N3O. The Morgan fingerprint density at radius 3 is 2.82 bits per heavy atom. The van der Waals surface area contributed by atoms with Crippen LogP contribution < -0.4 is 4.74 Å². The van der Waals surface area contributed by atoms with Crippen molar-refractivity contribution in [3.05, 3.63) is 47.5 Å². The van der Waals surface area contributed by atoms with Gasteiger partial charge in [0.2, 0.25) is 0 Å². The zero-order valence-electron chi connectivity index (χ0n) is 13.5. The van der Waals surface area contributed by atoms with Gasteiger partial charge in [0, 0.05) is 24.7 Å². The molecule has 1 fully saturated rings.